The summed E-state index contributed by atoms with van der Waals surface area (Å²) in [4.78, 5) is 46.6. The van der Waals surface area contributed by atoms with E-state index >= 15 is 0 Å². The SMILES string of the molecule is CC1=NC(COCCN=[N+]=[N-])=C(N(C=O)CCCN2CCC(C#N)(c3ccccc3)CC2)C(c2ccc([N+](=O)[O-])cc2)C1NC=O. The molecule has 1 fully saturated rings. The normalized spacial score (nSPS) is 19.3. The Morgan fingerprint density at radius 1 is 1.24 bits per heavy atom. The highest BCUT2D eigenvalue weighted by Crippen LogP contribution is 2.38. The first kappa shape index (κ1) is 33.8. The van der Waals surface area contributed by atoms with E-state index in [0.717, 1.165) is 25.1 Å². The average Bonchev–Trinajstić information content (AvgIpc) is 3.08. The summed E-state index contributed by atoms with van der Waals surface area (Å²) < 4.78 is 5.76. The van der Waals surface area contributed by atoms with Gasteiger partial charge in [0, 0.05) is 35.8 Å². The molecule has 2 aliphatic rings. The molecule has 0 radical (unpaired) electrons. The third-order valence-electron chi connectivity index (χ3n) is 8.59. The van der Waals surface area contributed by atoms with Gasteiger partial charge < -0.3 is 19.9 Å². The van der Waals surface area contributed by atoms with Crippen LogP contribution >= 0.6 is 0 Å². The van der Waals surface area contributed by atoms with Crippen LogP contribution in [0.2, 0.25) is 0 Å². The number of nitrogens with one attached hydrogen (secondary N) is 1. The Morgan fingerprint density at radius 2 is 1.96 bits per heavy atom. The Kier molecular flexibility index (Phi) is 12.0. The fourth-order valence-electron chi connectivity index (χ4n) is 6.21. The molecule has 2 amide bonds. The molecule has 4 rings (SSSR count). The highest BCUT2D eigenvalue weighted by molar-refractivity contribution is 5.92. The minimum absolute atomic E-state index is 0.0110. The molecule has 14 heteroatoms. The Labute approximate surface area is 267 Å². The second kappa shape index (κ2) is 16.3. The van der Waals surface area contributed by atoms with E-state index in [4.69, 9.17) is 15.3 Å². The Morgan fingerprint density at radius 3 is 2.57 bits per heavy atom. The fraction of sp³-hybridized carbons (Fsp3) is 0.438. The molecular weight excluding hydrogens is 590 g/mol. The number of non-ortho nitro benzene ring substituents is 1. The number of nitro benzene ring substituents is 1. The lowest BCUT2D eigenvalue weighted by molar-refractivity contribution is -0.384. The van der Waals surface area contributed by atoms with Gasteiger partial charge in [0.15, 0.2) is 0 Å². The molecule has 1 N–H and O–H groups in total. The number of benzene rings is 2. The number of piperidine rings is 1. The lowest BCUT2D eigenvalue weighted by atomic mass is 9.74. The van der Waals surface area contributed by atoms with Crippen LogP contribution in [0.15, 0.2) is 76.1 Å². The predicted octanol–water partition coefficient (Wildman–Crippen LogP) is 4.21. The van der Waals surface area contributed by atoms with Crippen LogP contribution in [-0.2, 0) is 19.7 Å². The molecule has 14 nitrogen and oxygen atoms in total. The number of amides is 2. The van der Waals surface area contributed by atoms with Gasteiger partial charge in [-0.25, -0.2) is 0 Å². The third kappa shape index (κ3) is 7.94. The molecule has 0 aromatic heterocycles. The van der Waals surface area contributed by atoms with E-state index in [9.17, 15) is 25.0 Å². The van der Waals surface area contributed by atoms with Gasteiger partial charge >= 0.3 is 0 Å². The van der Waals surface area contributed by atoms with Crippen molar-refractivity contribution in [1.29, 1.82) is 5.26 Å². The maximum atomic E-state index is 12.7. The number of ether oxygens (including phenoxy) is 1. The van der Waals surface area contributed by atoms with Gasteiger partial charge in [0.2, 0.25) is 12.8 Å². The molecule has 46 heavy (non-hydrogen) atoms. The molecule has 2 aliphatic heterocycles. The molecule has 0 bridgehead atoms. The van der Waals surface area contributed by atoms with Crippen molar-refractivity contribution in [2.24, 2.45) is 10.1 Å². The number of hydrogen-bond acceptors (Lipinski definition) is 9. The number of carbonyl (C=O) groups excluding carboxylic acids is 2. The van der Waals surface area contributed by atoms with E-state index in [0.29, 0.717) is 61.4 Å². The van der Waals surface area contributed by atoms with Gasteiger partial charge in [0.1, 0.15) is 0 Å². The number of nitriles is 1. The summed E-state index contributed by atoms with van der Waals surface area (Å²) in [6.07, 6.45) is 3.35. The minimum Gasteiger partial charge on any atom is -0.375 e. The van der Waals surface area contributed by atoms with Gasteiger partial charge in [-0.05, 0) is 62.5 Å². The summed E-state index contributed by atoms with van der Waals surface area (Å²) in [6, 6.07) is 17.8. The van der Waals surface area contributed by atoms with Crippen LogP contribution < -0.4 is 5.32 Å². The number of nitro groups is 1. The summed E-state index contributed by atoms with van der Waals surface area (Å²) in [6.45, 7) is 4.56. The summed E-state index contributed by atoms with van der Waals surface area (Å²) in [5.41, 5.74) is 11.2. The predicted molar refractivity (Wildman–Crippen MR) is 171 cm³/mol. The van der Waals surface area contributed by atoms with E-state index in [-0.39, 0.29) is 25.4 Å². The van der Waals surface area contributed by atoms with Crippen molar-refractivity contribution < 1.29 is 19.2 Å². The lowest BCUT2D eigenvalue weighted by Gasteiger charge is -2.39. The minimum atomic E-state index is -0.623. The van der Waals surface area contributed by atoms with Crippen molar-refractivity contribution in [2.45, 2.75) is 43.6 Å². The monoisotopic (exact) mass is 627 g/mol. The first-order valence-electron chi connectivity index (χ1n) is 15.1. The number of azide groups is 1. The summed E-state index contributed by atoms with van der Waals surface area (Å²) in [5.74, 6) is -0.596. The maximum Gasteiger partial charge on any atom is 0.269 e. The highest BCUT2D eigenvalue weighted by atomic mass is 16.6. The number of carbonyl (C=O) groups is 2. The summed E-state index contributed by atoms with van der Waals surface area (Å²) in [5, 5.41) is 27.7. The molecule has 2 aromatic rings. The van der Waals surface area contributed by atoms with Gasteiger partial charge in [0.05, 0.1) is 53.0 Å². The topological polar surface area (TPSA) is 190 Å². The molecule has 2 heterocycles. The van der Waals surface area contributed by atoms with Gasteiger partial charge in [0.25, 0.3) is 5.69 Å². The third-order valence-corrected chi connectivity index (χ3v) is 8.59. The van der Waals surface area contributed by atoms with Crippen molar-refractivity contribution in [3.63, 3.8) is 0 Å². The van der Waals surface area contributed by atoms with Crippen molar-refractivity contribution in [1.82, 2.24) is 15.1 Å². The quantitative estimate of drug-likeness (QED) is 0.0548. The molecule has 0 saturated carbocycles. The fourth-order valence-corrected chi connectivity index (χ4v) is 6.21. The number of nitrogens with zero attached hydrogens (tertiary/aromatic N) is 8. The van der Waals surface area contributed by atoms with Crippen molar-refractivity contribution in [3.05, 3.63) is 97.7 Å². The summed E-state index contributed by atoms with van der Waals surface area (Å²) in [7, 11) is 0. The largest absolute Gasteiger partial charge is 0.375 e. The smallest absolute Gasteiger partial charge is 0.269 e. The Bertz CT molecular complexity index is 1520. The van der Waals surface area contributed by atoms with Crippen LogP contribution in [-0.4, -0.2) is 85.2 Å². The number of hydrogen-bond donors (Lipinski definition) is 1. The van der Waals surface area contributed by atoms with E-state index in [1.165, 1.54) is 12.1 Å². The highest BCUT2D eigenvalue weighted by Gasteiger charge is 2.38. The average molecular weight is 628 g/mol. The standard InChI is InChI=1S/C32H37N9O5/c1-24-30(35-22-42)29(25-8-10-27(11-9-25)41(44)45)31(28(37-24)20-46-19-14-36-38-34)40(23-43)16-5-15-39-17-12-32(21-33,13-18-39)26-6-3-2-4-7-26/h2-4,6-11,22-23,29-30H,5,12-20H2,1H3,(H,35,42). The van der Waals surface area contributed by atoms with Crippen LogP contribution in [0.1, 0.15) is 43.2 Å². The van der Waals surface area contributed by atoms with Crippen molar-refractivity contribution in [3.8, 4) is 6.07 Å². The van der Waals surface area contributed by atoms with Crippen LogP contribution in [0.4, 0.5) is 5.69 Å². The Balaban J connectivity index is 1.56. The van der Waals surface area contributed by atoms with Gasteiger partial charge in [-0.3, -0.25) is 24.7 Å². The molecule has 2 aromatic carbocycles. The Hall–Kier alpha value is -5.09. The summed E-state index contributed by atoms with van der Waals surface area (Å²) >= 11 is 0. The van der Waals surface area contributed by atoms with Gasteiger partial charge in [-0.2, -0.15) is 5.26 Å². The zero-order valence-electron chi connectivity index (χ0n) is 25.7. The second-order valence-corrected chi connectivity index (χ2v) is 11.2. The molecule has 0 spiro atoms. The number of likely N-dealkylation sites (tertiary alicyclic amines) is 1. The van der Waals surface area contributed by atoms with Gasteiger partial charge in [-0.15, -0.1) is 0 Å². The molecular formula is C32H37N9O5. The first-order chi connectivity index (χ1) is 22.4. The zero-order chi connectivity index (χ0) is 32.9. The van der Waals surface area contributed by atoms with E-state index in [1.54, 1.807) is 24.0 Å². The molecule has 2 unspecified atom stereocenters. The zero-order valence-corrected chi connectivity index (χ0v) is 25.7. The number of aliphatic imine (C=N–C) groups is 1. The first-order valence-corrected chi connectivity index (χ1v) is 15.1. The second-order valence-electron chi connectivity index (χ2n) is 11.2. The molecule has 0 aliphatic carbocycles. The van der Waals surface area contributed by atoms with Crippen molar-refractivity contribution in [2.75, 3.05) is 45.9 Å². The maximum absolute atomic E-state index is 12.7. The van der Waals surface area contributed by atoms with Crippen LogP contribution in [0.3, 0.4) is 0 Å². The van der Waals surface area contributed by atoms with Crippen LogP contribution in [0.5, 0.6) is 0 Å². The van der Waals surface area contributed by atoms with E-state index < -0.39 is 22.3 Å². The lowest BCUT2D eigenvalue weighted by Crippen LogP contribution is -2.47. The molecule has 1 saturated heterocycles. The molecule has 240 valence electrons. The van der Waals surface area contributed by atoms with Crippen molar-refractivity contribution >= 4 is 24.2 Å². The molecule has 2 atom stereocenters. The van der Waals surface area contributed by atoms with Crippen LogP contribution in [0.25, 0.3) is 10.4 Å². The number of rotatable bonds is 16. The van der Waals surface area contributed by atoms with Crippen LogP contribution in [0, 0.1) is 21.4 Å². The van der Waals surface area contributed by atoms with E-state index in [2.05, 4.69) is 26.3 Å². The van der Waals surface area contributed by atoms with E-state index in [1.807, 2.05) is 30.3 Å². The van der Waals surface area contributed by atoms with Gasteiger partial charge in [-0.1, -0.05) is 47.6 Å².